The van der Waals surface area contributed by atoms with Crippen LogP contribution in [0.2, 0.25) is 0 Å². The second-order valence-corrected chi connectivity index (χ2v) is 1.63. The van der Waals surface area contributed by atoms with Gasteiger partial charge in [-0.15, -0.1) is 9.98 Å². The van der Waals surface area contributed by atoms with Crippen molar-refractivity contribution in [2.24, 2.45) is 9.98 Å². The van der Waals surface area contributed by atoms with E-state index >= 15 is 0 Å². The number of ether oxygens (including phenoxy) is 2. The zero-order valence-electron chi connectivity index (χ0n) is 4.29. The van der Waals surface area contributed by atoms with E-state index in [1.54, 1.807) is 6.92 Å². The van der Waals surface area contributed by atoms with E-state index in [2.05, 4.69) is 9.98 Å². The smallest absolute Gasteiger partial charge is 0.404 e. The summed E-state index contributed by atoms with van der Waals surface area (Å²) < 4.78 is 9.62. The van der Waals surface area contributed by atoms with Crippen LogP contribution in [0.3, 0.4) is 0 Å². The molecule has 4 heteroatoms. The lowest BCUT2D eigenvalue weighted by Crippen LogP contribution is -2.47. The third kappa shape index (κ3) is 0.267. The molecule has 1 atom stereocenters. The quantitative estimate of drug-likeness (QED) is 0.446. The first kappa shape index (κ1) is 3.88. The zero-order chi connectivity index (χ0) is 5.61. The molecule has 0 bridgehead atoms. The molecule has 0 aromatic carbocycles. The molecular weight excluding hydrogens is 108 g/mol. The lowest BCUT2D eigenvalue weighted by atomic mass is 10.6. The molecule has 2 heterocycles. The molecule has 0 amide bonds. The summed E-state index contributed by atoms with van der Waals surface area (Å²) >= 11 is 0. The van der Waals surface area contributed by atoms with Crippen LogP contribution in [0.25, 0.3) is 0 Å². The van der Waals surface area contributed by atoms with E-state index in [1.165, 1.54) is 6.40 Å². The van der Waals surface area contributed by atoms with Gasteiger partial charge < -0.3 is 9.47 Å². The summed E-state index contributed by atoms with van der Waals surface area (Å²) in [5, 5.41) is 0. The molecule has 0 aromatic rings. The van der Waals surface area contributed by atoms with Crippen molar-refractivity contribution in [1.82, 2.24) is 0 Å². The predicted molar refractivity (Wildman–Crippen MR) is 26.5 cm³/mol. The maximum Gasteiger partial charge on any atom is 0.478 e. The summed E-state index contributed by atoms with van der Waals surface area (Å²) in [7, 11) is 0. The van der Waals surface area contributed by atoms with Crippen molar-refractivity contribution >= 4 is 12.3 Å². The Morgan fingerprint density at radius 1 is 1.75 bits per heavy atom. The Bertz CT molecular complexity index is 186. The van der Waals surface area contributed by atoms with Crippen LogP contribution in [-0.2, 0) is 9.47 Å². The SMILES string of the molecule is CC1=NC2(N=CO2)O1. The molecule has 0 N–H and O–H groups in total. The first-order chi connectivity index (χ1) is 3.81. The minimum absolute atomic E-state index is 0.627. The van der Waals surface area contributed by atoms with Gasteiger partial charge in [-0.25, -0.2) is 0 Å². The van der Waals surface area contributed by atoms with Gasteiger partial charge in [-0.3, -0.25) is 0 Å². The van der Waals surface area contributed by atoms with E-state index in [9.17, 15) is 0 Å². The Balaban J connectivity index is 2.25. The number of hydrogen-bond acceptors (Lipinski definition) is 4. The molecule has 2 aliphatic rings. The number of rotatable bonds is 0. The Morgan fingerprint density at radius 2 is 2.38 bits per heavy atom. The minimum atomic E-state index is -0.927. The van der Waals surface area contributed by atoms with Crippen LogP contribution in [0.4, 0.5) is 0 Å². The van der Waals surface area contributed by atoms with Crippen LogP contribution in [0, 0.1) is 0 Å². The molecule has 1 spiro atoms. The molecule has 2 aliphatic heterocycles. The maximum atomic E-state index is 4.89. The fraction of sp³-hybridized carbons (Fsp3) is 0.500. The lowest BCUT2D eigenvalue weighted by molar-refractivity contribution is -0.178. The van der Waals surface area contributed by atoms with Gasteiger partial charge in [0.1, 0.15) is 0 Å². The normalized spacial score (nSPS) is 38.9. The number of aliphatic imine (C=N–C) groups is 2. The molecule has 4 nitrogen and oxygen atoms in total. The topological polar surface area (TPSA) is 43.2 Å². The van der Waals surface area contributed by atoms with Gasteiger partial charge in [-0.05, 0) is 0 Å². The Hall–Kier alpha value is -1.06. The Morgan fingerprint density at radius 3 is 2.50 bits per heavy atom. The highest BCUT2D eigenvalue weighted by molar-refractivity contribution is 5.79. The maximum absolute atomic E-state index is 4.89. The number of hydrogen-bond donors (Lipinski definition) is 0. The first-order valence-electron chi connectivity index (χ1n) is 2.28. The van der Waals surface area contributed by atoms with Gasteiger partial charge in [0.05, 0.1) is 0 Å². The summed E-state index contributed by atoms with van der Waals surface area (Å²) in [4.78, 5) is 7.53. The van der Waals surface area contributed by atoms with Gasteiger partial charge in [0.2, 0.25) is 0 Å². The standard InChI is InChI=1S/C4H4N2O2/c1-3-6-4(8-3)5-2-7-4/h2H,1H3. The van der Waals surface area contributed by atoms with Gasteiger partial charge in [0.15, 0.2) is 12.3 Å². The third-order valence-electron chi connectivity index (χ3n) is 1.00. The summed E-state index contributed by atoms with van der Waals surface area (Å²) in [5.41, 5.74) is 0. The molecule has 2 rings (SSSR count). The Labute approximate surface area is 45.8 Å². The van der Waals surface area contributed by atoms with Crippen LogP contribution >= 0.6 is 0 Å². The highest BCUT2D eigenvalue weighted by atomic mass is 16.8. The highest BCUT2D eigenvalue weighted by Gasteiger charge is 2.46. The molecule has 0 aliphatic carbocycles. The van der Waals surface area contributed by atoms with Crippen LogP contribution in [0.1, 0.15) is 6.92 Å². The highest BCUT2D eigenvalue weighted by Crippen LogP contribution is 2.30. The van der Waals surface area contributed by atoms with Crippen molar-refractivity contribution in [1.29, 1.82) is 0 Å². The molecule has 42 valence electrons. The fourth-order valence-corrected chi connectivity index (χ4v) is 0.646. The average Bonchev–Trinajstić information content (AvgIpc) is 1.51. The molecule has 0 aromatic heterocycles. The molecule has 0 saturated carbocycles. The summed E-state index contributed by atoms with van der Waals surface area (Å²) in [5.74, 6) is 0.627. The van der Waals surface area contributed by atoms with Gasteiger partial charge in [-0.2, -0.15) is 0 Å². The van der Waals surface area contributed by atoms with E-state index in [1.807, 2.05) is 0 Å². The third-order valence-corrected chi connectivity index (χ3v) is 1.00. The van der Waals surface area contributed by atoms with Crippen molar-refractivity contribution in [3.05, 3.63) is 0 Å². The van der Waals surface area contributed by atoms with Crippen molar-refractivity contribution < 1.29 is 9.47 Å². The van der Waals surface area contributed by atoms with E-state index in [4.69, 9.17) is 9.47 Å². The van der Waals surface area contributed by atoms with E-state index in [0.717, 1.165) is 0 Å². The summed E-state index contributed by atoms with van der Waals surface area (Å²) in [6, 6.07) is -0.927. The van der Waals surface area contributed by atoms with E-state index in [-0.39, 0.29) is 0 Å². The van der Waals surface area contributed by atoms with Crippen LogP contribution in [0.5, 0.6) is 0 Å². The van der Waals surface area contributed by atoms with E-state index < -0.39 is 6.03 Å². The molecule has 8 heavy (non-hydrogen) atoms. The van der Waals surface area contributed by atoms with Crippen molar-refractivity contribution in [3.8, 4) is 0 Å². The fourth-order valence-electron chi connectivity index (χ4n) is 0.646. The zero-order valence-corrected chi connectivity index (χ0v) is 4.29. The van der Waals surface area contributed by atoms with Gasteiger partial charge >= 0.3 is 6.03 Å². The summed E-state index contributed by atoms with van der Waals surface area (Å²) in [6.07, 6.45) is 1.32. The van der Waals surface area contributed by atoms with Crippen LogP contribution < -0.4 is 0 Å². The van der Waals surface area contributed by atoms with Crippen molar-refractivity contribution in [3.63, 3.8) is 0 Å². The monoisotopic (exact) mass is 112 g/mol. The van der Waals surface area contributed by atoms with Crippen LogP contribution in [0.15, 0.2) is 9.98 Å². The average molecular weight is 112 g/mol. The second-order valence-electron chi connectivity index (χ2n) is 1.63. The first-order valence-corrected chi connectivity index (χ1v) is 2.28. The lowest BCUT2D eigenvalue weighted by Gasteiger charge is -2.35. The molecule has 0 saturated heterocycles. The Kier molecular flexibility index (Phi) is 0.420. The van der Waals surface area contributed by atoms with Gasteiger partial charge in [0, 0.05) is 6.92 Å². The molecule has 1 unspecified atom stereocenters. The number of nitrogens with zero attached hydrogens (tertiary/aromatic N) is 2. The summed E-state index contributed by atoms with van der Waals surface area (Å²) in [6.45, 7) is 1.75. The second kappa shape index (κ2) is 0.866. The predicted octanol–water partition coefficient (Wildman–Crippen LogP) is 0.105. The largest absolute Gasteiger partial charge is 0.478 e. The van der Waals surface area contributed by atoms with Crippen molar-refractivity contribution in [2.45, 2.75) is 13.0 Å². The van der Waals surface area contributed by atoms with Gasteiger partial charge in [-0.1, -0.05) is 0 Å². The molecular formula is C4H4N2O2. The van der Waals surface area contributed by atoms with Crippen LogP contribution in [-0.4, -0.2) is 18.3 Å². The molecule has 0 radical (unpaired) electrons. The van der Waals surface area contributed by atoms with Crippen molar-refractivity contribution in [2.75, 3.05) is 0 Å². The van der Waals surface area contributed by atoms with E-state index in [0.29, 0.717) is 5.90 Å². The van der Waals surface area contributed by atoms with Gasteiger partial charge in [0.25, 0.3) is 0 Å². The minimum Gasteiger partial charge on any atom is -0.404 e. The molecule has 0 fully saturated rings.